The standard InChI is InChI=1S/C16H19N3O4/c1-3-14(20)19-13(16(22)23-4-2)9-12(18-19)15(21)10-7-5-6-8-11(10)17/h5-8,13H,3-4,9,17H2,1-2H3. The van der Waals surface area contributed by atoms with E-state index in [0.717, 1.165) is 5.01 Å². The van der Waals surface area contributed by atoms with Gasteiger partial charge in [0.05, 0.1) is 6.61 Å². The third kappa shape index (κ3) is 3.39. The highest BCUT2D eigenvalue weighted by Crippen LogP contribution is 2.22. The number of amides is 1. The molecule has 0 saturated carbocycles. The number of anilines is 1. The molecule has 2 N–H and O–H groups in total. The van der Waals surface area contributed by atoms with Gasteiger partial charge in [0.15, 0.2) is 6.04 Å². The van der Waals surface area contributed by atoms with Crippen LogP contribution < -0.4 is 5.73 Å². The van der Waals surface area contributed by atoms with E-state index in [0.29, 0.717) is 11.3 Å². The third-order valence-corrected chi connectivity index (χ3v) is 3.49. The summed E-state index contributed by atoms with van der Waals surface area (Å²) in [5, 5.41) is 5.10. The number of carbonyl (C=O) groups is 3. The van der Waals surface area contributed by atoms with Crippen molar-refractivity contribution in [2.45, 2.75) is 32.7 Å². The van der Waals surface area contributed by atoms with Crippen molar-refractivity contribution in [1.29, 1.82) is 0 Å². The number of rotatable bonds is 5. The number of Topliss-reactive ketones (excluding diaryl/α,β-unsaturated/α-hetero) is 1. The Bertz CT molecular complexity index is 669. The molecule has 23 heavy (non-hydrogen) atoms. The normalized spacial score (nSPS) is 16.9. The molecule has 1 aliphatic rings. The minimum absolute atomic E-state index is 0.0255. The maximum atomic E-state index is 12.5. The van der Waals surface area contributed by atoms with Gasteiger partial charge in [-0.05, 0) is 19.1 Å². The minimum atomic E-state index is -0.897. The number of hydrazone groups is 1. The summed E-state index contributed by atoms with van der Waals surface area (Å²) in [5.74, 6) is -1.29. The largest absolute Gasteiger partial charge is 0.464 e. The monoisotopic (exact) mass is 317 g/mol. The highest BCUT2D eigenvalue weighted by atomic mass is 16.5. The molecule has 0 aliphatic carbocycles. The molecule has 0 fully saturated rings. The number of nitrogens with zero attached hydrogens (tertiary/aromatic N) is 2. The second kappa shape index (κ2) is 7.04. The average Bonchev–Trinajstić information content (AvgIpc) is 2.99. The molecule has 1 aliphatic heterocycles. The van der Waals surface area contributed by atoms with E-state index in [1.165, 1.54) is 0 Å². The molecule has 1 atom stereocenters. The molecular formula is C16H19N3O4. The summed E-state index contributed by atoms with van der Waals surface area (Å²) in [6, 6.07) is 5.71. The highest BCUT2D eigenvalue weighted by molar-refractivity contribution is 6.47. The zero-order valence-electron chi connectivity index (χ0n) is 13.1. The van der Waals surface area contributed by atoms with E-state index in [-0.39, 0.29) is 36.9 Å². The predicted molar refractivity (Wildman–Crippen MR) is 84.8 cm³/mol. The number of benzene rings is 1. The number of hydrogen-bond acceptors (Lipinski definition) is 6. The molecule has 1 heterocycles. The van der Waals surface area contributed by atoms with Crippen LogP contribution in [0.25, 0.3) is 0 Å². The van der Waals surface area contributed by atoms with E-state index < -0.39 is 12.0 Å². The molecule has 0 radical (unpaired) electrons. The molecular weight excluding hydrogens is 298 g/mol. The van der Waals surface area contributed by atoms with Crippen molar-refractivity contribution in [3.8, 4) is 0 Å². The van der Waals surface area contributed by atoms with Gasteiger partial charge in [-0.3, -0.25) is 9.59 Å². The fourth-order valence-electron chi connectivity index (χ4n) is 2.32. The number of nitrogens with two attached hydrogens (primary N) is 1. The summed E-state index contributed by atoms with van der Waals surface area (Å²) >= 11 is 0. The molecule has 1 aromatic carbocycles. The maximum absolute atomic E-state index is 12.5. The average molecular weight is 317 g/mol. The van der Waals surface area contributed by atoms with Crippen molar-refractivity contribution in [1.82, 2.24) is 5.01 Å². The van der Waals surface area contributed by atoms with Crippen LogP contribution in [0.5, 0.6) is 0 Å². The van der Waals surface area contributed by atoms with Gasteiger partial charge < -0.3 is 10.5 Å². The second-order valence-corrected chi connectivity index (χ2v) is 5.03. The zero-order valence-corrected chi connectivity index (χ0v) is 13.1. The van der Waals surface area contributed by atoms with Gasteiger partial charge in [-0.2, -0.15) is 5.10 Å². The van der Waals surface area contributed by atoms with Gasteiger partial charge in [-0.25, -0.2) is 9.80 Å². The van der Waals surface area contributed by atoms with E-state index in [4.69, 9.17) is 10.5 Å². The van der Waals surface area contributed by atoms with Crippen LogP contribution in [0.3, 0.4) is 0 Å². The van der Waals surface area contributed by atoms with Crippen LogP contribution >= 0.6 is 0 Å². The van der Waals surface area contributed by atoms with Gasteiger partial charge in [0.2, 0.25) is 11.7 Å². The number of ketones is 1. The molecule has 0 spiro atoms. The third-order valence-electron chi connectivity index (χ3n) is 3.49. The van der Waals surface area contributed by atoms with Crippen molar-refractivity contribution >= 4 is 29.1 Å². The highest BCUT2D eigenvalue weighted by Gasteiger charge is 2.39. The zero-order chi connectivity index (χ0) is 17.0. The summed E-state index contributed by atoms with van der Waals surface area (Å²) in [6.07, 6.45) is 0.200. The first-order valence-electron chi connectivity index (χ1n) is 7.44. The summed E-state index contributed by atoms with van der Waals surface area (Å²) in [5.41, 5.74) is 6.56. The van der Waals surface area contributed by atoms with Gasteiger partial charge in [0.1, 0.15) is 5.71 Å². The van der Waals surface area contributed by atoms with E-state index >= 15 is 0 Å². The van der Waals surface area contributed by atoms with E-state index in [2.05, 4.69) is 5.10 Å². The number of nitrogen functional groups attached to an aromatic ring is 1. The molecule has 1 amide bonds. The Morgan fingerprint density at radius 1 is 1.30 bits per heavy atom. The van der Waals surface area contributed by atoms with Crippen molar-refractivity contribution in [3.05, 3.63) is 29.8 Å². The second-order valence-electron chi connectivity index (χ2n) is 5.03. The lowest BCUT2D eigenvalue weighted by Crippen LogP contribution is -2.39. The van der Waals surface area contributed by atoms with E-state index in [1.54, 1.807) is 38.1 Å². The van der Waals surface area contributed by atoms with Gasteiger partial charge >= 0.3 is 5.97 Å². The lowest BCUT2D eigenvalue weighted by atomic mass is 10.0. The fourth-order valence-corrected chi connectivity index (χ4v) is 2.32. The van der Waals surface area contributed by atoms with Gasteiger partial charge in [0.25, 0.3) is 0 Å². The van der Waals surface area contributed by atoms with Crippen LogP contribution in [0.1, 0.15) is 37.0 Å². The number of hydrogen-bond donors (Lipinski definition) is 1. The predicted octanol–water partition coefficient (Wildman–Crippen LogP) is 1.38. The lowest BCUT2D eigenvalue weighted by molar-refractivity contribution is -0.153. The van der Waals surface area contributed by atoms with Gasteiger partial charge in [-0.1, -0.05) is 19.1 Å². The Morgan fingerprint density at radius 3 is 2.61 bits per heavy atom. The Kier molecular flexibility index (Phi) is 5.10. The first-order chi connectivity index (χ1) is 11.0. The number of esters is 1. The first kappa shape index (κ1) is 16.7. The Labute approximate surface area is 134 Å². The lowest BCUT2D eigenvalue weighted by Gasteiger charge is -2.19. The summed E-state index contributed by atoms with van der Waals surface area (Å²) in [7, 11) is 0. The van der Waals surface area contributed by atoms with Crippen molar-refractivity contribution < 1.29 is 19.1 Å². The van der Waals surface area contributed by atoms with E-state index in [9.17, 15) is 14.4 Å². The molecule has 7 nitrogen and oxygen atoms in total. The van der Waals surface area contributed by atoms with Crippen LogP contribution in [0.4, 0.5) is 5.69 Å². The van der Waals surface area contributed by atoms with Crippen molar-refractivity contribution in [2.24, 2.45) is 5.10 Å². The molecule has 122 valence electrons. The number of para-hydroxylation sites is 1. The minimum Gasteiger partial charge on any atom is -0.464 e. The Hall–Kier alpha value is -2.70. The smallest absolute Gasteiger partial charge is 0.331 e. The number of ether oxygens (including phenoxy) is 1. The first-order valence-corrected chi connectivity index (χ1v) is 7.44. The quantitative estimate of drug-likeness (QED) is 0.502. The maximum Gasteiger partial charge on any atom is 0.331 e. The Balaban J connectivity index is 2.29. The molecule has 0 bridgehead atoms. The molecule has 7 heteroatoms. The number of carbonyl (C=O) groups excluding carboxylic acids is 3. The van der Waals surface area contributed by atoms with Crippen LogP contribution in [-0.2, 0) is 14.3 Å². The summed E-state index contributed by atoms with van der Waals surface area (Å²) in [4.78, 5) is 36.6. The molecule has 0 aromatic heterocycles. The summed E-state index contributed by atoms with van der Waals surface area (Å²) < 4.78 is 4.97. The van der Waals surface area contributed by atoms with Crippen LogP contribution in [-0.4, -0.2) is 41.0 Å². The SMILES string of the molecule is CCOC(=O)C1CC(C(=O)c2ccccc2N)=NN1C(=O)CC. The molecule has 2 rings (SSSR count). The van der Waals surface area contributed by atoms with Gasteiger partial charge in [-0.15, -0.1) is 0 Å². The Morgan fingerprint density at radius 2 is 2.00 bits per heavy atom. The van der Waals surface area contributed by atoms with Gasteiger partial charge in [0, 0.05) is 24.1 Å². The van der Waals surface area contributed by atoms with Crippen LogP contribution in [0, 0.1) is 0 Å². The van der Waals surface area contributed by atoms with Crippen LogP contribution in [0.15, 0.2) is 29.4 Å². The van der Waals surface area contributed by atoms with Crippen molar-refractivity contribution in [2.75, 3.05) is 12.3 Å². The van der Waals surface area contributed by atoms with Crippen LogP contribution in [0.2, 0.25) is 0 Å². The molecule has 0 saturated heterocycles. The van der Waals surface area contributed by atoms with E-state index in [1.807, 2.05) is 0 Å². The summed E-state index contributed by atoms with van der Waals surface area (Å²) in [6.45, 7) is 3.53. The molecule has 1 aromatic rings. The van der Waals surface area contributed by atoms with Crippen molar-refractivity contribution in [3.63, 3.8) is 0 Å². The fraction of sp³-hybridized carbons (Fsp3) is 0.375. The topological polar surface area (TPSA) is 102 Å². The molecule has 1 unspecified atom stereocenters.